The number of aryl methyl sites for hydroxylation is 1. The molecule has 0 radical (unpaired) electrons. The van der Waals surface area contributed by atoms with Gasteiger partial charge in [0, 0.05) is 38.9 Å². The van der Waals surface area contributed by atoms with E-state index in [0.29, 0.717) is 18.7 Å². The first-order valence-corrected chi connectivity index (χ1v) is 10.5. The van der Waals surface area contributed by atoms with Crippen molar-refractivity contribution < 1.29 is 14.8 Å². The lowest BCUT2D eigenvalue weighted by atomic mass is 10.0. The summed E-state index contributed by atoms with van der Waals surface area (Å²) in [5.41, 5.74) is 1.45. The van der Waals surface area contributed by atoms with Crippen molar-refractivity contribution in [3.05, 3.63) is 52.5 Å². The number of benzene rings is 1. The van der Waals surface area contributed by atoms with Crippen LogP contribution in [-0.4, -0.2) is 78.4 Å². The molecule has 1 aliphatic heterocycles. The van der Waals surface area contributed by atoms with Crippen LogP contribution in [0, 0.1) is 10.1 Å². The van der Waals surface area contributed by atoms with Crippen molar-refractivity contribution in [1.29, 1.82) is 0 Å². The van der Waals surface area contributed by atoms with Gasteiger partial charge in [0.1, 0.15) is 23.2 Å². The minimum atomic E-state index is -1.16. The molecular weight excluding hydrogens is 428 g/mol. The number of carbonyl (C=O) groups excluding carboxylic acids is 1. The van der Waals surface area contributed by atoms with E-state index in [1.54, 1.807) is 17.9 Å². The third-order valence-corrected chi connectivity index (χ3v) is 5.76. The van der Waals surface area contributed by atoms with Crippen LogP contribution >= 0.6 is 0 Å². The monoisotopic (exact) mass is 454 g/mol. The first-order valence-electron chi connectivity index (χ1n) is 10.5. The fourth-order valence-corrected chi connectivity index (χ4v) is 3.99. The second kappa shape index (κ2) is 8.62. The number of hydrogen-bond acceptors (Lipinski definition) is 8. The number of aromatic nitrogens is 5. The summed E-state index contributed by atoms with van der Waals surface area (Å²) in [4.78, 5) is 26.8. The fourth-order valence-electron chi connectivity index (χ4n) is 3.99. The number of nitrogens with zero attached hydrogens (tertiary/aromatic N) is 8. The van der Waals surface area contributed by atoms with Crippen molar-refractivity contribution >= 4 is 17.3 Å². The van der Waals surface area contributed by atoms with Crippen molar-refractivity contribution in [2.75, 3.05) is 32.1 Å². The summed E-state index contributed by atoms with van der Waals surface area (Å²) >= 11 is 0. The van der Waals surface area contributed by atoms with Crippen LogP contribution in [0.4, 0.5) is 11.4 Å². The molecule has 174 valence electrons. The Kier molecular flexibility index (Phi) is 5.85. The normalized spacial score (nSPS) is 18.0. The van der Waals surface area contributed by atoms with Crippen LogP contribution in [0.5, 0.6) is 0 Å². The molecule has 3 heterocycles. The van der Waals surface area contributed by atoms with Gasteiger partial charge in [-0.25, -0.2) is 4.68 Å². The van der Waals surface area contributed by atoms with Gasteiger partial charge < -0.3 is 14.9 Å². The molecule has 12 nitrogen and oxygen atoms in total. The first kappa shape index (κ1) is 22.4. The first-order chi connectivity index (χ1) is 15.6. The molecule has 1 atom stereocenters. The Morgan fingerprint density at radius 3 is 2.67 bits per heavy atom. The Morgan fingerprint density at radius 1 is 1.27 bits per heavy atom. The van der Waals surface area contributed by atoms with Crippen molar-refractivity contribution in [1.82, 2.24) is 29.7 Å². The smallest absolute Gasteiger partial charge is 0.310 e. The highest BCUT2D eigenvalue weighted by Crippen LogP contribution is 2.26. The minimum absolute atomic E-state index is 0.110. The number of hydrogen-bond donors (Lipinski definition) is 1. The number of nitro groups is 1. The van der Waals surface area contributed by atoms with Gasteiger partial charge in [0.25, 0.3) is 0 Å². The average Bonchev–Trinajstić information content (AvgIpc) is 3.47. The summed E-state index contributed by atoms with van der Waals surface area (Å²) in [6.07, 6.45) is 3.23. The topological polar surface area (TPSA) is 135 Å². The zero-order valence-corrected chi connectivity index (χ0v) is 18.7. The van der Waals surface area contributed by atoms with Crippen LogP contribution in [0.1, 0.15) is 12.1 Å². The molecule has 33 heavy (non-hydrogen) atoms. The van der Waals surface area contributed by atoms with Gasteiger partial charge in [-0.15, -0.1) is 5.10 Å². The lowest BCUT2D eigenvalue weighted by Gasteiger charge is -2.23. The molecule has 1 unspecified atom stereocenters. The van der Waals surface area contributed by atoms with Gasteiger partial charge in [-0.2, -0.15) is 5.10 Å². The minimum Gasteiger partial charge on any atom is -0.386 e. The number of amides is 1. The lowest BCUT2D eigenvalue weighted by molar-refractivity contribution is -0.385. The van der Waals surface area contributed by atoms with Crippen LogP contribution < -0.4 is 4.90 Å². The van der Waals surface area contributed by atoms with Crippen LogP contribution in [0.15, 0.2) is 36.7 Å². The molecule has 1 amide bonds. The Morgan fingerprint density at radius 2 is 2.00 bits per heavy atom. The van der Waals surface area contributed by atoms with Crippen molar-refractivity contribution in [3.63, 3.8) is 0 Å². The van der Waals surface area contributed by atoms with Crippen LogP contribution in [-0.2, 0) is 24.8 Å². The van der Waals surface area contributed by atoms with E-state index in [-0.39, 0.29) is 36.8 Å². The number of rotatable bonds is 7. The maximum absolute atomic E-state index is 12.7. The Bertz CT molecular complexity index is 1170. The SMILES string of the molecule is CN(C)c1ccc(-c2cn(CC3(O)CCN(C(=O)Cc4nn(C)cc4[N+](=O)[O-])C3)nn2)cc1. The molecule has 2 aromatic heterocycles. The summed E-state index contributed by atoms with van der Waals surface area (Å²) < 4.78 is 2.89. The van der Waals surface area contributed by atoms with E-state index < -0.39 is 10.5 Å². The zero-order chi connectivity index (χ0) is 23.8. The molecular formula is C21H26N8O4. The summed E-state index contributed by atoms with van der Waals surface area (Å²) in [6, 6.07) is 7.92. The van der Waals surface area contributed by atoms with Gasteiger partial charge in [-0.3, -0.25) is 19.6 Å². The number of carbonyl (C=O) groups is 1. The zero-order valence-electron chi connectivity index (χ0n) is 18.7. The highest BCUT2D eigenvalue weighted by atomic mass is 16.6. The molecule has 0 saturated carbocycles. The largest absolute Gasteiger partial charge is 0.386 e. The summed E-state index contributed by atoms with van der Waals surface area (Å²) in [6.45, 7) is 0.645. The molecule has 0 spiro atoms. The molecule has 4 rings (SSSR count). The molecule has 0 aliphatic carbocycles. The number of anilines is 1. The van der Waals surface area contributed by atoms with E-state index in [9.17, 15) is 20.0 Å². The molecule has 1 N–H and O–H groups in total. The maximum atomic E-state index is 12.7. The highest BCUT2D eigenvalue weighted by Gasteiger charge is 2.39. The molecule has 0 bridgehead atoms. The van der Waals surface area contributed by atoms with E-state index in [1.807, 2.05) is 43.3 Å². The van der Waals surface area contributed by atoms with Gasteiger partial charge in [-0.05, 0) is 18.6 Å². The van der Waals surface area contributed by atoms with Gasteiger partial charge >= 0.3 is 5.69 Å². The summed E-state index contributed by atoms with van der Waals surface area (Å²) in [5.74, 6) is -0.312. The van der Waals surface area contributed by atoms with Gasteiger partial charge in [0.2, 0.25) is 5.91 Å². The molecule has 1 aliphatic rings. The standard InChI is InChI=1S/C21H26N8O4/c1-25(2)16-6-4-15(5-7-16)18-11-28(24-22-18)14-21(31)8-9-27(13-21)20(30)10-17-19(29(32)33)12-26(3)23-17/h4-7,11-12,31H,8-10,13-14H2,1-3H3. The molecule has 1 fully saturated rings. The Labute approximate surface area is 190 Å². The summed E-state index contributed by atoms with van der Waals surface area (Å²) in [7, 11) is 5.51. The summed E-state index contributed by atoms with van der Waals surface area (Å²) in [5, 5.41) is 34.6. The van der Waals surface area contributed by atoms with E-state index in [4.69, 9.17) is 0 Å². The van der Waals surface area contributed by atoms with Gasteiger partial charge in [0.05, 0.1) is 30.6 Å². The molecule has 1 saturated heterocycles. The van der Waals surface area contributed by atoms with E-state index in [0.717, 1.165) is 11.3 Å². The predicted octanol–water partition coefficient (Wildman–Crippen LogP) is 0.859. The molecule has 1 aromatic carbocycles. The van der Waals surface area contributed by atoms with E-state index in [1.165, 1.54) is 15.8 Å². The average molecular weight is 454 g/mol. The number of aliphatic hydroxyl groups is 1. The van der Waals surface area contributed by atoms with Crippen LogP contribution in [0.2, 0.25) is 0 Å². The number of likely N-dealkylation sites (tertiary alicyclic amines) is 1. The molecule has 12 heteroatoms. The van der Waals surface area contributed by atoms with Crippen molar-refractivity contribution in [2.45, 2.75) is 25.0 Å². The van der Waals surface area contributed by atoms with Crippen LogP contribution in [0.3, 0.4) is 0 Å². The van der Waals surface area contributed by atoms with E-state index >= 15 is 0 Å². The van der Waals surface area contributed by atoms with Gasteiger partial charge in [-0.1, -0.05) is 17.3 Å². The van der Waals surface area contributed by atoms with Crippen molar-refractivity contribution in [3.8, 4) is 11.3 Å². The van der Waals surface area contributed by atoms with Crippen LogP contribution in [0.25, 0.3) is 11.3 Å². The number of β-amino-alcohol motifs (C(OH)–C–C–N with tert-alkyl or cyclic N) is 1. The second-order valence-electron chi connectivity index (χ2n) is 8.60. The highest BCUT2D eigenvalue weighted by molar-refractivity contribution is 5.79. The Balaban J connectivity index is 1.39. The quantitative estimate of drug-likeness (QED) is 0.410. The van der Waals surface area contributed by atoms with E-state index in [2.05, 4.69) is 15.4 Å². The van der Waals surface area contributed by atoms with Gasteiger partial charge in [0.15, 0.2) is 0 Å². The molecule has 3 aromatic rings. The lowest BCUT2D eigenvalue weighted by Crippen LogP contribution is -2.40. The third kappa shape index (κ3) is 4.85. The maximum Gasteiger partial charge on any atom is 0.310 e. The second-order valence-corrected chi connectivity index (χ2v) is 8.60. The predicted molar refractivity (Wildman–Crippen MR) is 119 cm³/mol. The third-order valence-electron chi connectivity index (χ3n) is 5.76. The Hall–Kier alpha value is -3.80. The fraction of sp³-hybridized carbons (Fsp3) is 0.429. The van der Waals surface area contributed by atoms with Crippen molar-refractivity contribution in [2.24, 2.45) is 7.05 Å².